The molecule has 190 valence electrons. The van der Waals surface area contributed by atoms with Gasteiger partial charge < -0.3 is 15.4 Å². The van der Waals surface area contributed by atoms with Crippen molar-refractivity contribution in [2.45, 2.75) is 64.0 Å². The molecule has 3 N–H and O–H groups in total. The van der Waals surface area contributed by atoms with Crippen LogP contribution in [0.3, 0.4) is 0 Å². The van der Waals surface area contributed by atoms with Gasteiger partial charge >= 0.3 is 12.1 Å². The number of rotatable bonds is 4. The van der Waals surface area contributed by atoms with Gasteiger partial charge in [-0.15, -0.1) is 0 Å². The number of anilines is 2. The van der Waals surface area contributed by atoms with Gasteiger partial charge in [-0.1, -0.05) is 24.0 Å². The molecule has 8 nitrogen and oxygen atoms in total. The van der Waals surface area contributed by atoms with E-state index in [0.717, 1.165) is 19.0 Å². The van der Waals surface area contributed by atoms with Crippen molar-refractivity contribution in [1.82, 2.24) is 15.3 Å². The van der Waals surface area contributed by atoms with Gasteiger partial charge in [-0.05, 0) is 45.2 Å². The lowest BCUT2D eigenvalue weighted by atomic mass is 9.81. The van der Waals surface area contributed by atoms with Gasteiger partial charge in [-0.2, -0.15) is 0 Å². The highest BCUT2D eigenvalue weighted by molar-refractivity contribution is 5.95. The van der Waals surface area contributed by atoms with Gasteiger partial charge in [0, 0.05) is 30.5 Å². The minimum atomic E-state index is -3.39. The number of benzene rings is 1. The summed E-state index contributed by atoms with van der Waals surface area (Å²) < 4.78 is 49.4. The summed E-state index contributed by atoms with van der Waals surface area (Å²) in [5, 5.41) is 7.21. The van der Waals surface area contributed by atoms with Crippen molar-refractivity contribution in [3.8, 4) is 11.8 Å². The Balaban J connectivity index is 1.63. The van der Waals surface area contributed by atoms with Gasteiger partial charge in [0.15, 0.2) is 11.4 Å². The van der Waals surface area contributed by atoms with Crippen molar-refractivity contribution >= 4 is 23.8 Å². The zero-order chi connectivity index (χ0) is 26.3. The molecule has 11 heteroatoms. The van der Waals surface area contributed by atoms with E-state index in [9.17, 15) is 22.8 Å². The summed E-state index contributed by atoms with van der Waals surface area (Å²) >= 11 is 0. The topological polar surface area (TPSA) is 105 Å². The third kappa shape index (κ3) is 5.53. The molecule has 0 saturated heterocycles. The molecule has 2 aliphatic rings. The zero-order valence-corrected chi connectivity index (χ0v) is 20.3. The second-order valence-corrected chi connectivity index (χ2v) is 9.93. The minimum absolute atomic E-state index is 0.0444. The van der Waals surface area contributed by atoms with Crippen LogP contribution in [-0.2, 0) is 16.7 Å². The Morgan fingerprint density at radius 3 is 2.64 bits per heavy atom. The molecule has 1 aromatic carbocycles. The number of amides is 3. The van der Waals surface area contributed by atoms with E-state index in [2.05, 4.69) is 37.8 Å². The fourth-order valence-corrected chi connectivity index (χ4v) is 3.69. The first-order valence-corrected chi connectivity index (χ1v) is 11.4. The van der Waals surface area contributed by atoms with Crippen molar-refractivity contribution in [3.63, 3.8) is 0 Å². The summed E-state index contributed by atoms with van der Waals surface area (Å²) in [6, 6.07) is 3.65. The molecule has 2 aromatic rings. The maximum Gasteiger partial charge on any atom is 0.414 e. The third-order valence-corrected chi connectivity index (χ3v) is 5.54. The molecule has 3 amide bonds. The van der Waals surface area contributed by atoms with E-state index in [4.69, 9.17) is 4.74 Å². The van der Waals surface area contributed by atoms with Gasteiger partial charge in [-0.25, -0.2) is 32.7 Å². The number of halogens is 3. The van der Waals surface area contributed by atoms with E-state index in [1.807, 2.05) is 0 Å². The van der Waals surface area contributed by atoms with E-state index in [1.165, 1.54) is 12.1 Å². The highest BCUT2D eigenvalue weighted by Crippen LogP contribution is 2.43. The molecular formula is C25H26F3N5O3. The standard InChI is InChI=1S/C25H26F3N5O3/c1-23(2,3)36-22(35)32-20-29-13-17(26)19(30-20)12-15-7-8-16-18(11-15)31-21(34)33-25(16,24(4,27)28)10-9-14-5-6-14/h7-8,11,13-14H,5-6,12H2,1-4H3,(H2,31,33,34)(H,29,30,32,35)/t25-/m0/s1. The molecule has 1 aliphatic carbocycles. The molecule has 0 spiro atoms. The summed E-state index contributed by atoms with van der Waals surface area (Å²) in [6.07, 6.45) is 1.73. The molecule has 1 fully saturated rings. The Morgan fingerprint density at radius 1 is 1.28 bits per heavy atom. The minimum Gasteiger partial charge on any atom is -0.444 e. The second kappa shape index (κ2) is 9.00. The average Bonchev–Trinajstić information content (AvgIpc) is 3.56. The molecule has 36 heavy (non-hydrogen) atoms. The average molecular weight is 502 g/mol. The Labute approximate surface area is 206 Å². The first kappa shape index (κ1) is 25.3. The normalized spacial score (nSPS) is 19.2. The van der Waals surface area contributed by atoms with Gasteiger partial charge in [0.25, 0.3) is 5.92 Å². The first-order valence-electron chi connectivity index (χ1n) is 11.4. The predicted octanol–water partition coefficient (Wildman–Crippen LogP) is 4.95. The molecule has 0 bridgehead atoms. The maximum atomic E-state index is 14.9. The van der Waals surface area contributed by atoms with E-state index in [-0.39, 0.29) is 35.2 Å². The Morgan fingerprint density at radius 2 is 2.00 bits per heavy atom. The summed E-state index contributed by atoms with van der Waals surface area (Å²) in [4.78, 5) is 32.2. The smallest absolute Gasteiger partial charge is 0.414 e. The molecule has 1 aromatic heterocycles. The lowest BCUT2D eigenvalue weighted by Gasteiger charge is -2.40. The van der Waals surface area contributed by atoms with Crippen LogP contribution in [0.1, 0.15) is 57.4 Å². The highest BCUT2D eigenvalue weighted by atomic mass is 19.3. The zero-order valence-electron chi connectivity index (χ0n) is 20.3. The predicted molar refractivity (Wildman–Crippen MR) is 126 cm³/mol. The number of alkyl halides is 2. The lowest BCUT2D eigenvalue weighted by molar-refractivity contribution is -0.0464. The molecular weight excluding hydrogens is 475 g/mol. The van der Waals surface area contributed by atoms with Crippen molar-refractivity contribution in [1.29, 1.82) is 0 Å². The van der Waals surface area contributed by atoms with Crippen LogP contribution in [0.5, 0.6) is 0 Å². The largest absolute Gasteiger partial charge is 0.444 e. The van der Waals surface area contributed by atoms with Crippen LogP contribution in [0, 0.1) is 23.6 Å². The van der Waals surface area contributed by atoms with Crippen LogP contribution in [0.15, 0.2) is 24.4 Å². The number of fused-ring (bicyclic) bond motifs is 1. The number of carbonyl (C=O) groups excluding carboxylic acids is 2. The number of hydrogen-bond donors (Lipinski definition) is 3. The van der Waals surface area contributed by atoms with Crippen LogP contribution in [-0.4, -0.2) is 33.6 Å². The number of aromatic nitrogens is 2. The van der Waals surface area contributed by atoms with Crippen molar-refractivity contribution in [3.05, 3.63) is 47.0 Å². The van der Waals surface area contributed by atoms with Crippen LogP contribution < -0.4 is 16.0 Å². The maximum absolute atomic E-state index is 14.9. The van der Waals surface area contributed by atoms with E-state index < -0.39 is 35.0 Å². The summed E-state index contributed by atoms with van der Waals surface area (Å²) in [6.45, 7) is 5.78. The summed E-state index contributed by atoms with van der Waals surface area (Å²) in [7, 11) is 0. The molecule has 0 unspecified atom stereocenters. The molecule has 1 saturated carbocycles. The van der Waals surface area contributed by atoms with Crippen LogP contribution in [0.2, 0.25) is 0 Å². The highest BCUT2D eigenvalue weighted by Gasteiger charge is 2.55. The van der Waals surface area contributed by atoms with Crippen LogP contribution >= 0.6 is 0 Å². The lowest BCUT2D eigenvalue weighted by Crippen LogP contribution is -2.59. The number of urea groups is 1. The quantitative estimate of drug-likeness (QED) is 0.514. The summed E-state index contributed by atoms with van der Waals surface area (Å²) in [5.74, 6) is 1.27. The van der Waals surface area contributed by atoms with Gasteiger partial charge in [-0.3, -0.25) is 5.32 Å². The number of carbonyl (C=O) groups is 2. The fraction of sp³-hybridized carbons (Fsp3) is 0.440. The second-order valence-electron chi connectivity index (χ2n) is 9.93. The van der Waals surface area contributed by atoms with Crippen LogP contribution in [0.25, 0.3) is 0 Å². The van der Waals surface area contributed by atoms with E-state index >= 15 is 0 Å². The Kier molecular flexibility index (Phi) is 6.32. The third-order valence-electron chi connectivity index (χ3n) is 5.54. The monoisotopic (exact) mass is 501 g/mol. The molecule has 4 rings (SSSR count). The van der Waals surface area contributed by atoms with Gasteiger partial charge in [0.1, 0.15) is 5.60 Å². The molecule has 1 atom stereocenters. The molecule has 0 radical (unpaired) electrons. The molecule has 2 heterocycles. The number of nitrogens with zero attached hydrogens (tertiary/aromatic N) is 2. The van der Waals surface area contributed by atoms with Gasteiger partial charge in [0.2, 0.25) is 5.95 Å². The van der Waals surface area contributed by atoms with E-state index in [0.29, 0.717) is 12.5 Å². The number of hydrogen-bond acceptors (Lipinski definition) is 5. The van der Waals surface area contributed by atoms with Crippen molar-refractivity contribution in [2.24, 2.45) is 5.92 Å². The number of nitrogens with one attached hydrogen (secondary N) is 3. The molecule has 1 aliphatic heterocycles. The van der Waals surface area contributed by atoms with Crippen LogP contribution in [0.4, 0.5) is 34.4 Å². The Bertz CT molecular complexity index is 1270. The Hall–Kier alpha value is -3.81. The van der Waals surface area contributed by atoms with Crippen molar-refractivity contribution in [2.75, 3.05) is 10.6 Å². The number of ether oxygens (including phenoxy) is 1. The van der Waals surface area contributed by atoms with E-state index in [1.54, 1.807) is 26.8 Å². The first-order chi connectivity index (χ1) is 16.8. The van der Waals surface area contributed by atoms with Gasteiger partial charge in [0.05, 0.1) is 11.9 Å². The summed E-state index contributed by atoms with van der Waals surface area (Å²) in [5.41, 5.74) is -2.25. The van der Waals surface area contributed by atoms with Crippen molar-refractivity contribution < 1.29 is 27.5 Å². The SMILES string of the molecule is CC(C)(C)OC(=O)Nc1ncc(F)c(Cc2ccc3c(c2)NC(=O)N[C@]3(C#CC2CC2)C(C)(F)F)n1. The fourth-order valence-electron chi connectivity index (χ4n) is 3.69.